The van der Waals surface area contributed by atoms with E-state index < -0.39 is 11.9 Å². The molecule has 1 atom stereocenters. The van der Waals surface area contributed by atoms with Crippen molar-refractivity contribution in [3.63, 3.8) is 0 Å². The van der Waals surface area contributed by atoms with E-state index in [1.807, 2.05) is 18.2 Å². The van der Waals surface area contributed by atoms with Gasteiger partial charge in [-0.1, -0.05) is 6.92 Å². The van der Waals surface area contributed by atoms with Crippen LogP contribution in [0.15, 0.2) is 18.2 Å². The first kappa shape index (κ1) is 12.6. The molecule has 1 unspecified atom stereocenters. The molecule has 0 fully saturated rings. The van der Waals surface area contributed by atoms with Gasteiger partial charge in [0.1, 0.15) is 5.75 Å². The SMILES string of the molecule is CC(Cn1nnnc1-c1ccc2c(c1)CCO2)C(=O)O. The molecule has 20 heavy (non-hydrogen) atoms. The largest absolute Gasteiger partial charge is 0.493 e. The second kappa shape index (κ2) is 4.92. The molecular weight excluding hydrogens is 260 g/mol. The lowest BCUT2D eigenvalue weighted by Gasteiger charge is -2.08. The van der Waals surface area contributed by atoms with Crippen LogP contribution in [0, 0.1) is 5.92 Å². The molecule has 0 amide bonds. The minimum atomic E-state index is -0.867. The zero-order chi connectivity index (χ0) is 14.1. The van der Waals surface area contributed by atoms with Gasteiger partial charge in [0.05, 0.1) is 19.1 Å². The molecule has 0 aliphatic carbocycles. The fourth-order valence-corrected chi connectivity index (χ4v) is 2.20. The van der Waals surface area contributed by atoms with Gasteiger partial charge in [-0.2, -0.15) is 0 Å². The molecule has 0 radical (unpaired) electrons. The number of carboxylic acid groups (broad SMARTS) is 1. The number of benzene rings is 1. The van der Waals surface area contributed by atoms with Crippen LogP contribution in [0.1, 0.15) is 12.5 Å². The third kappa shape index (κ3) is 2.22. The molecular formula is C13H14N4O3. The number of carboxylic acids is 1. The summed E-state index contributed by atoms with van der Waals surface area (Å²) in [5, 5.41) is 20.5. The second-order valence-electron chi connectivity index (χ2n) is 4.84. The number of tetrazole rings is 1. The Balaban J connectivity index is 1.91. The van der Waals surface area contributed by atoms with Crippen molar-refractivity contribution in [2.45, 2.75) is 19.9 Å². The molecule has 1 aromatic heterocycles. The molecule has 1 aliphatic heterocycles. The number of hydrogen-bond acceptors (Lipinski definition) is 5. The average molecular weight is 274 g/mol. The lowest BCUT2D eigenvalue weighted by atomic mass is 10.1. The molecule has 0 saturated carbocycles. The Kier molecular flexibility index (Phi) is 3.09. The van der Waals surface area contributed by atoms with E-state index >= 15 is 0 Å². The lowest BCUT2D eigenvalue weighted by Crippen LogP contribution is -2.18. The number of aromatic nitrogens is 4. The van der Waals surface area contributed by atoms with E-state index in [1.165, 1.54) is 4.68 Å². The molecule has 2 aromatic rings. The lowest BCUT2D eigenvalue weighted by molar-refractivity contribution is -0.141. The molecule has 0 spiro atoms. The van der Waals surface area contributed by atoms with Gasteiger partial charge >= 0.3 is 5.97 Å². The summed E-state index contributed by atoms with van der Waals surface area (Å²) in [4.78, 5) is 10.9. The van der Waals surface area contributed by atoms with Gasteiger partial charge in [-0.3, -0.25) is 4.79 Å². The summed E-state index contributed by atoms with van der Waals surface area (Å²) < 4.78 is 6.99. The Morgan fingerprint density at radius 3 is 3.20 bits per heavy atom. The normalized spacial score (nSPS) is 14.7. The first-order chi connectivity index (χ1) is 9.65. The summed E-state index contributed by atoms with van der Waals surface area (Å²) in [5.41, 5.74) is 2.00. The summed E-state index contributed by atoms with van der Waals surface area (Å²) >= 11 is 0. The van der Waals surface area contributed by atoms with Gasteiger partial charge in [0.25, 0.3) is 0 Å². The first-order valence-electron chi connectivity index (χ1n) is 6.40. The van der Waals surface area contributed by atoms with E-state index in [4.69, 9.17) is 9.84 Å². The highest BCUT2D eigenvalue weighted by Gasteiger charge is 2.18. The Hall–Kier alpha value is -2.44. The Bertz CT molecular complexity index is 653. The smallest absolute Gasteiger partial charge is 0.308 e. The maximum atomic E-state index is 10.9. The van der Waals surface area contributed by atoms with Crippen LogP contribution in [-0.2, 0) is 17.8 Å². The van der Waals surface area contributed by atoms with Crippen molar-refractivity contribution < 1.29 is 14.6 Å². The van der Waals surface area contributed by atoms with Gasteiger partial charge in [-0.25, -0.2) is 4.68 Å². The quantitative estimate of drug-likeness (QED) is 0.894. The molecule has 0 saturated heterocycles. The van der Waals surface area contributed by atoms with E-state index in [0.717, 1.165) is 23.3 Å². The summed E-state index contributed by atoms with van der Waals surface area (Å²) in [6.45, 7) is 2.56. The highest BCUT2D eigenvalue weighted by molar-refractivity contribution is 5.69. The maximum Gasteiger partial charge on any atom is 0.308 e. The number of carbonyl (C=O) groups is 1. The molecule has 1 aromatic carbocycles. The standard InChI is InChI=1S/C13H14N4O3/c1-8(13(18)19)7-17-12(14-15-16-17)10-2-3-11-9(6-10)4-5-20-11/h2-3,6,8H,4-5,7H2,1H3,(H,18,19). The van der Waals surface area contributed by atoms with Crippen molar-refractivity contribution in [2.24, 2.45) is 5.92 Å². The number of aliphatic carboxylic acids is 1. The van der Waals surface area contributed by atoms with Crippen molar-refractivity contribution in [1.82, 2.24) is 20.2 Å². The number of rotatable bonds is 4. The van der Waals surface area contributed by atoms with Crippen LogP contribution in [0.3, 0.4) is 0 Å². The summed E-state index contributed by atoms with van der Waals surface area (Å²) in [6.07, 6.45) is 0.871. The van der Waals surface area contributed by atoms with Gasteiger partial charge in [-0.05, 0) is 34.2 Å². The van der Waals surface area contributed by atoms with E-state index in [9.17, 15) is 4.79 Å². The highest BCUT2D eigenvalue weighted by Crippen LogP contribution is 2.29. The van der Waals surface area contributed by atoms with E-state index in [-0.39, 0.29) is 6.54 Å². The predicted molar refractivity (Wildman–Crippen MR) is 69.3 cm³/mol. The molecule has 7 heteroatoms. The minimum absolute atomic E-state index is 0.241. The third-order valence-electron chi connectivity index (χ3n) is 3.35. The van der Waals surface area contributed by atoms with Crippen LogP contribution in [0.25, 0.3) is 11.4 Å². The first-order valence-corrected chi connectivity index (χ1v) is 6.40. The van der Waals surface area contributed by atoms with Gasteiger partial charge < -0.3 is 9.84 Å². The van der Waals surface area contributed by atoms with Crippen LogP contribution in [-0.4, -0.2) is 37.9 Å². The zero-order valence-electron chi connectivity index (χ0n) is 11.0. The van der Waals surface area contributed by atoms with Crippen molar-refractivity contribution in [3.8, 4) is 17.1 Å². The van der Waals surface area contributed by atoms with Gasteiger partial charge in [-0.15, -0.1) is 5.10 Å². The van der Waals surface area contributed by atoms with E-state index in [2.05, 4.69) is 15.5 Å². The van der Waals surface area contributed by atoms with Crippen LogP contribution in [0.2, 0.25) is 0 Å². The summed E-state index contributed by atoms with van der Waals surface area (Å²) in [7, 11) is 0. The van der Waals surface area contributed by atoms with Crippen LogP contribution >= 0.6 is 0 Å². The van der Waals surface area contributed by atoms with Gasteiger partial charge in [0, 0.05) is 12.0 Å². The van der Waals surface area contributed by atoms with Crippen LogP contribution < -0.4 is 4.74 Å². The molecule has 1 aliphatic rings. The molecule has 104 valence electrons. The molecule has 2 heterocycles. The minimum Gasteiger partial charge on any atom is -0.493 e. The van der Waals surface area contributed by atoms with Crippen molar-refractivity contribution in [3.05, 3.63) is 23.8 Å². The fourth-order valence-electron chi connectivity index (χ4n) is 2.20. The molecule has 0 bridgehead atoms. The Morgan fingerprint density at radius 2 is 2.40 bits per heavy atom. The Labute approximate surface area is 115 Å². The van der Waals surface area contributed by atoms with Gasteiger partial charge in [0.2, 0.25) is 0 Å². The van der Waals surface area contributed by atoms with Crippen LogP contribution in [0.4, 0.5) is 0 Å². The number of fused-ring (bicyclic) bond motifs is 1. The van der Waals surface area contributed by atoms with Crippen LogP contribution in [0.5, 0.6) is 5.75 Å². The topological polar surface area (TPSA) is 90.1 Å². The number of ether oxygens (including phenoxy) is 1. The third-order valence-corrected chi connectivity index (χ3v) is 3.35. The average Bonchev–Trinajstić information content (AvgIpc) is 3.05. The second-order valence-corrected chi connectivity index (χ2v) is 4.84. The van der Waals surface area contributed by atoms with Crippen molar-refractivity contribution in [2.75, 3.05) is 6.61 Å². The molecule has 1 N–H and O–H groups in total. The highest BCUT2D eigenvalue weighted by atomic mass is 16.5. The van der Waals surface area contributed by atoms with Crippen molar-refractivity contribution >= 4 is 5.97 Å². The fraction of sp³-hybridized carbons (Fsp3) is 0.385. The Morgan fingerprint density at radius 1 is 1.55 bits per heavy atom. The van der Waals surface area contributed by atoms with Crippen molar-refractivity contribution in [1.29, 1.82) is 0 Å². The molecule has 7 nitrogen and oxygen atoms in total. The summed E-state index contributed by atoms with van der Waals surface area (Å²) in [6, 6.07) is 5.78. The summed E-state index contributed by atoms with van der Waals surface area (Å²) in [5.74, 6) is 0.0586. The maximum absolute atomic E-state index is 10.9. The predicted octanol–water partition coefficient (Wildman–Crippen LogP) is 0.996. The van der Waals surface area contributed by atoms with E-state index in [0.29, 0.717) is 12.4 Å². The van der Waals surface area contributed by atoms with Gasteiger partial charge in [0.15, 0.2) is 5.82 Å². The molecule has 3 rings (SSSR count). The monoisotopic (exact) mass is 274 g/mol. The number of hydrogen-bond donors (Lipinski definition) is 1. The van der Waals surface area contributed by atoms with E-state index in [1.54, 1.807) is 6.92 Å². The zero-order valence-corrected chi connectivity index (χ0v) is 11.0. The number of nitrogens with zero attached hydrogens (tertiary/aromatic N) is 4.